The summed E-state index contributed by atoms with van der Waals surface area (Å²) in [6.07, 6.45) is 5.66. The van der Waals surface area contributed by atoms with Crippen LogP contribution in [-0.4, -0.2) is 19.5 Å². The number of thiophene rings is 1. The van der Waals surface area contributed by atoms with Gasteiger partial charge in [0.1, 0.15) is 0 Å². The monoisotopic (exact) mass is 307 g/mol. The minimum atomic E-state index is 0.0554. The van der Waals surface area contributed by atoms with Gasteiger partial charge in [-0.1, -0.05) is 30.3 Å². The molecule has 3 heterocycles. The summed E-state index contributed by atoms with van der Waals surface area (Å²) in [6.45, 7) is 0.0554. The highest BCUT2D eigenvalue weighted by atomic mass is 32.1. The van der Waals surface area contributed by atoms with Gasteiger partial charge in [-0.2, -0.15) is 0 Å². The van der Waals surface area contributed by atoms with Crippen molar-refractivity contribution in [2.24, 2.45) is 0 Å². The first-order chi connectivity index (χ1) is 10.8. The second kappa shape index (κ2) is 5.36. The maximum Gasteiger partial charge on any atom is 0.155 e. The quantitative estimate of drug-likeness (QED) is 0.629. The van der Waals surface area contributed by atoms with Crippen molar-refractivity contribution in [3.63, 3.8) is 0 Å². The van der Waals surface area contributed by atoms with Gasteiger partial charge in [-0.05, 0) is 17.0 Å². The number of aliphatic hydroxyl groups excluding tert-OH is 1. The van der Waals surface area contributed by atoms with Gasteiger partial charge >= 0.3 is 0 Å². The first-order valence-corrected chi connectivity index (χ1v) is 7.80. The largest absolute Gasteiger partial charge is 0.392 e. The average Bonchev–Trinajstić information content (AvgIpc) is 3.24. The maximum absolute atomic E-state index is 9.15. The smallest absolute Gasteiger partial charge is 0.155 e. The summed E-state index contributed by atoms with van der Waals surface area (Å²) in [5.41, 5.74) is 4.74. The maximum atomic E-state index is 9.15. The molecule has 1 N–H and O–H groups in total. The van der Waals surface area contributed by atoms with Crippen molar-refractivity contribution in [3.8, 4) is 21.8 Å². The second-order valence-electron chi connectivity index (χ2n) is 4.98. The Hall–Kier alpha value is -2.50. The summed E-state index contributed by atoms with van der Waals surface area (Å²) in [5, 5.41) is 11.2. The van der Waals surface area contributed by atoms with Crippen LogP contribution in [0.1, 0.15) is 5.56 Å². The molecule has 108 valence electrons. The van der Waals surface area contributed by atoms with Crippen LogP contribution in [0.5, 0.6) is 0 Å². The minimum absolute atomic E-state index is 0.0554. The molecule has 0 saturated heterocycles. The van der Waals surface area contributed by atoms with E-state index in [9.17, 15) is 0 Å². The molecule has 0 spiro atoms. The number of benzene rings is 1. The van der Waals surface area contributed by atoms with E-state index in [2.05, 4.69) is 20.4 Å². The van der Waals surface area contributed by atoms with Crippen molar-refractivity contribution in [1.82, 2.24) is 14.4 Å². The molecular weight excluding hydrogens is 294 g/mol. The Morgan fingerprint density at radius 2 is 1.91 bits per heavy atom. The van der Waals surface area contributed by atoms with Gasteiger partial charge in [0.05, 0.1) is 35.3 Å². The summed E-state index contributed by atoms with van der Waals surface area (Å²) in [4.78, 5) is 10.0. The Balaban J connectivity index is 1.85. The number of rotatable bonds is 3. The number of nitrogens with zero attached hydrogens (tertiary/aromatic N) is 3. The van der Waals surface area contributed by atoms with Gasteiger partial charge in [-0.15, -0.1) is 11.3 Å². The van der Waals surface area contributed by atoms with E-state index in [0.29, 0.717) is 0 Å². The summed E-state index contributed by atoms with van der Waals surface area (Å²) in [5.74, 6) is 0. The van der Waals surface area contributed by atoms with Crippen LogP contribution in [-0.2, 0) is 6.61 Å². The van der Waals surface area contributed by atoms with Gasteiger partial charge in [-0.25, -0.2) is 9.97 Å². The fraction of sp³-hybridized carbons (Fsp3) is 0.0588. The molecule has 0 amide bonds. The lowest BCUT2D eigenvalue weighted by Gasteiger charge is -2.04. The number of fused-ring (bicyclic) bond motifs is 1. The van der Waals surface area contributed by atoms with Crippen LogP contribution in [0, 0.1) is 0 Å². The van der Waals surface area contributed by atoms with E-state index >= 15 is 0 Å². The molecule has 0 aliphatic heterocycles. The fourth-order valence-corrected chi connectivity index (χ4v) is 3.12. The molecule has 4 nitrogen and oxygen atoms in total. The minimum Gasteiger partial charge on any atom is -0.392 e. The van der Waals surface area contributed by atoms with Gasteiger partial charge in [0.25, 0.3) is 0 Å². The summed E-state index contributed by atoms with van der Waals surface area (Å²) < 4.78 is 2.05. The van der Waals surface area contributed by atoms with Gasteiger partial charge in [-0.3, -0.25) is 4.40 Å². The van der Waals surface area contributed by atoms with Crippen molar-refractivity contribution < 1.29 is 5.11 Å². The zero-order chi connectivity index (χ0) is 14.9. The van der Waals surface area contributed by atoms with Crippen LogP contribution in [0.4, 0.5) is 0 Å². The normalized spacial score (nSPS) is 11.1. The molecule has 22 heavy (non-hydrogen) atoms. The summed E-state index contributed by atoms with van der Waals surface area (Å²) in [6, 6.07) is 11.9. The zero-order valence-corrected chi connectivity index (χ0v) is 12.5. The molecule has 0 radical (unpaired) electrons. The molecule has 0 bridgehead atoms. The molecular formula is C17H13N3OS. The van der Waals surface area contributed by atoms with Crippen molar-refractivity contribution in [3.05, 3.63) is 65.9 Å². The fourth-order valence-electron chi connectivity index (χ4n) is 2.44. The van der Waals surface area contributed by atoms with Crippen molar-refractivity contribution in [2.45, 2.75) is 6.61 Å². The van der Waals surface area contributed by atoms with E-state index < -0.39 is 0 Å². The van der Waals surface area contributed by atoms with Crippen LogP contribution in [0.25, 0.3) is 27.5 Å². The number of hydrogen-bond donors (Lipinski definition) is 1. The molecule has 4 rings (SSSR count). The van der Waals surface area contributed by atoms with Gasteiger partial charge in [0, 0.05) is 11.8 Å². The number of imidazole rings is 1. The van der Waals surface area contributed by atoms with Crippen LogP contribution < -0.4 is 0 Å². The first kappa shape index (κ1) is 13.2. The zero-order valence-electron chi connectivity index (χ0n) is 11.7. The molecule has 0 aliphatic carbocycles. The number of aromatic nitrogens is 3. The average molecular weight is 307 g/mol. The molecule has 3 aromatic heterocycles. The van der Waals surface area contributed by atoms with Crippen molar-refractivity contribution >= 4 is 17.0 Å². The Labute approximate surface area is 131 Å². The molecule has 0 saturated carbocycles. The van der Waals surface area contributed by atoms with Crippen molar-refractivity contribution in [2.75, 3.05) is 0 Å². The van der Waals surface area contributed by atoms with E-state index in [4.69, 9.17) is 5.11 Å². The highest BCUT2D eigenvalue weighted by molar-refractivity contribution is 7.13. The summed E-state index contributed by atoms with van der Waals surface area (Å²) in [7, 11) is 0. The SMILES string of the molecule is OCc1ccc(-c2cnc3cnc(-c4cccs4)cn23)cc1. The Morgan fingerprint density at radius 3 is 2.64 bits per heavy atom. The van der Waals surface area contributed by atoms with E-state index in [-0.39, 0.29) is 6.61 Å². The molecule has 0 fully saturated rings. The lowest BCUT2D eigenvalue weighted by Crippen LogP contribution is -1.92. The predicted molar refractivity (Wildman–Crippen MR) is 87.7 cm³/mol. The molecule has 5 heteroatoms. The third kappa shape index (κ3) is 2.20. The predicted octanol–water partition coefficient (Wildman–Crippen LogP) is 3.62. The standard InChI is InChI=1S/C17H13N3OS/c21-11-12-3-5-13(6-4-12)15-8-19-17-9-18-14(10-20(15)17)16-2-1-7-22-16/h1-10,21H,11H2. The van der Waals surface area contributed by atoms with Crippen LogP contribution in [0.2, 0.25) is 0 Å². The van der Waals surface area contributed by atoms with Crippen LogP contribution >= 0.6 is 11.3 Å². The van der Waals surface area contributed by atoms with E-state index in [1.165, 1.54) is 0 Å². The summed E-state index contributed by atoms with van der Waals surface area (Å²) >= 11 is 1.67. The topological polar surface area (TPSA) is 50.4 Å². The molecule has 0 aliphatic rings. The Morgan fingerprint density at radius 1 is 1.05 bits per heavy atom. The highest BCUT2D eigenvalue weighted by Gasteiger charge is 2.09. The van der Waals surface area contributed by atoms with E-state index in [1.54, 1.807) is 17.5 Å². The molecule has 1 aromatic carbocycles. The van der Waals surface area contributed by atoms with Crippen LogP contribution in [0.3, 0.4) is 0 Å². The molecule has 0 unspecified atom stereocenters. The molecule has 0 atom stereocenters. The second-order valence-corrected chi connectivity index (χ2v) is 5.92. The molecule has 4 aromatic rings. The van der Waals surface area contributed by atoms with Crippen molar-refractivity contribution in [1.29, 1.82) is 0 Å². The lowest BCUT2D eigenvalue weighted by molar-refractivity contribution is 0.282. The number of aliphatic hydroxyl groups is 1. The van der Waals surface area contributed by atoms with Gasteiger partial charge in [0.2, 0.25) is 0 Å². The Bertz CT molecular complexity index is 911. The van der Waals surface area contributed by atoms with Crippen LogP contribution in [0.15, 0.2) is 60.4 Å². The number of hydrogen-bond acceptors (Lipinski definition) is 4. The highest BCUT2D eigenvalue weighted by Crippen LogP contribution is 2.26. The Kier molecular flexibility index (Phi) is 3.21. The third-order valence-corrected chi connectivity index (χ3v) is 4.49. The first-order valence-electron chi connectivity index (χ1n) is 6.92. The third-order valence-electron chi connectivity index (χ3n) is 3.60. The van der Waals surface area contributed by atoms with Gasteiger partial charge in [0.15, 0.2) is 5.65 Å². The lowest BCUT2D eigenvalue weighted by atomic mass is 10.1. The van der Waals surface area contributed by atoms with E-state index in [0.717, 1.165) is 33.0 Å². The van der Waals surface area contributed by atoms with E-state index in [1.807, 2.05) is 48.1 Å². The van der Waals surface area contributed by atoms with Gasteiger partial charge < -0.3 is 5.11 Å².